The molecule has 0 aromatic heterocycles. The lowest BCUT2D eigenvalue weighted by atomic mass is 10.2. The minimum absolute atomic E-state index is 0.252. The van der Waals surface area contributed by atoms with Crippen molar-refractivity contribution in [2.45, 2.75) is 46.5 Å². The number of aryl methyl sites for hydroxylation is 2. The fourth-order valence-electron chi connectivity index (χ4n) is 4.89. The first-order valence-electron chi connectivity index (χ1n) is 18.0. The van der Waals surface area contributed by atoms with Gasteiger partial charge >= 0.3 is 0 Å². The molecule has 0 heterocycles. The minimum atomic E-state index is 0.252. The van der Waals surface area contributed by atoms with E-state index in [-0.39, 0.29) is 5.75 Å². The van der Waals surface area contributed by atoms with Crippen LogP contribution >= 0.6 is 0 Å². The molecule has 6 aromatic carbocycles. The lowest BCUT2D eigenvalue weighted by Gasteiger charge is -2.09. The topological polar surface area (TPSA) is 128 Å². The summed E-state index contributed by atoms with van der Waals surface area (Å²) in [5.41, 5.74) is 7.97. The Balaban J connectivity index is 0.000000213. The molecule has 0 unspecified atom stereocenters. The Bertz CT molecular complexity index is 2150. The Morgan fingerprint density at radius 2 is 0.778 bits per heavy atom. The number of azo groups is 4. The van der Waals surface area contributed by atoms with Crippen LogP contribution in [0.5, 0.6) is 11.5 Å². The molecule has 10 nitrogen and oxygen atoms in total. The van der Waals surface area contributed by atoms with Gasteiger partial charge < -0.3 is 9.84 Å². The lowest BCUT2D eigenvalue weighted by Crippen LogP contribution is -1.98. The molecule has 0 amide bonds. The van der Waals surface area contributed by atoms with E-state index in [1.54, 1.807) is 18.2 Å². The number of rotatable bonds is 14. The maximum Gasteiger partial charge on any atom is 0.122 e. The van der Waals surface area contributed by atoms with E-state index in [0.717, 1.165) is 69.7 Å². The van der Waals surface area contributed by atoms with E-state index in [1.807, 2.05) is 141 Å². The van der Waals surface area contributed by atoms with Gasteiger partial charge in [0.25, 0.3) is 0 Å². The van der Waals surface area contributed by atoms with E-state index >= 15 is 0 Å². The van der Waals surface area contributed by atoms with Crippen molar-refractivity contribution in [3.05, 3.63) is 157 Å². The Hall–Kier alpha value is -6.68. The number of ether oxygens (including phenoxy) is 1. The standard InChI is InChI=1S/C25H28N4O.C19H16N4O/c1-3-4-5-9-18-30-25-17-16-24(19-20(25)2)29-28-23-14-12-22(13-15-23)27-26-21-10-7-6-8-11-21;1-14-13-18(11-12-19(14)24)23-22-17-9-7-16(8-10-17)21-20-15-5-3-2-4-6-15/h6-8,10-17,19H,3-5,9,18H2,1-2H3;2-13,24H,1H3. The van der Waals surface area contributed by atoms with Crippen LogP contribution in [-0.2, 0) is 0 Å². The van der Waals surface area contributed by atoms with E-state index in [0.29, 0.717) is 5.69 Å². The fourth-order valence-corrected chi connectivity index (χ4v) is 4.89. The van der Waals surface area contributed by atoms with Gasteiger partial charge in [0.05, 0.1) is 52.1 Å². The molecule has 0 saturated heterocycles. The highest BCUT2D eigenvalue weighted by Crippen LogP contribution is 2.28. The Morgan fingerprint density at radius 1 is 0.407 bits per heavy atom. The summed E-state index contributed by atoms with van der Waals surface area (Å²) in [5, 5.41) is 43.3. The number of hydrogen-bond acceptors (Lipinski definition) is 10. The zero-order valence-electron chi connectivity index (χ0n) is 30.8. The molecule has 0 aliphatic heterocycles. The number of phenolic OH excluding ortho intramolecular Hbond substituents is 1. The molecule has 0 radical (unpaired) electrons. The highest BCUT2D eigenvalue weighted by molar-refractivity contribution is 5.51. The van der Waals surface area contributed by atoms with Gasteiger partial charge in [-0.15, -0.1) is 0 Å². The summed E-state index contributed by atoms with van der Waals surface area (Å²) in [4.78, 5) is 0. The van der Waals surface area contributed by atoms with Crippen LogP contribution in [0, 0.1) is 13.8 Å². The smallest absolute Gasteiger partial charge is 0.122 e. The third-order valence-electron chi connectivity index (χ3n) is 7.93. The molecule has 0 fully saturated rings. The molecule has 0 spiro atoms. The van der Waals surface area contributed by atoms with Gasteiger partial charge in [0.15, 0.2) is 0 Å². The van der Waals surface area contributed by atoms with Crippen molar-refractivity contribution in [2.75, 3.05) is 6.61 Å². The number of phenols is 1. The van der Waals surface area contributed by atoms with Gasteiger partial charge in [0.2, 0.25) is 0 Å². The van der Waals surface area contributed by atoms with Crippen molar-refractivity contribution >= 4 is 45.5 Å². The molecule has 1 N–H and O–H groups in total. The van der Waals surface area contributed by atoms with Gasteiger partial charge in [0, 0.05) is 0 Å². The van der Waals surface area contributed by atoms with Gasteiger partial charge in [0.1, 0.15) is 11.5 Å². The average Bonchev–Trinajstić information content (AvgIpc) is 3.21. The molecule has 54 heavy (non-hydrogen) atoms. The second-order valence-corrected chi connectivity index (χ2v) is 12.3. The van der Waals surface area contributed by atoms with Crippen LogP contribution < -0.4 is 4.74 Å². The van der Waals surface area contributed by atoms with Gasteiger partial charge in [-0.2, -0.15) is 40.9 Å². The molecule has 6 rings (SSSR count). The Kier molecular flexibility index (Phi) is 15.0. The van der Waals surface area contributed by atoms with E-state index in [2.05, 4.69) is 47.8 Å². The number of unbranched alkanes of at least 4 members (excludes halogenated alkanes) is 3. The van der Waals surface area contributed by atoms with Crippen LogP contribution in [0.2, 0.25) is 0 Å². The van der Waals surface area contributed by atoms with Crippen LogP contribution in [0.15, 0.2) is 187 Å². The van der Waals surface area contributed by atoms with Crippen LogP contribution in [0.4, 0.5) is 45.5 Å². The molecule has 0 bridgehead atoms. The highest BCUT2D eigenvalue weighted by atomic mass is 16.5. The normalized spacial score (nSPS) is 11.4. The maximum atomic E-state index is 9.50. The second kappa shape index (κ2) is 21.0. The third kappa shape index (κ3) is 13.1. The number of nitrogens with zero attached hydrogens (tertiary/aromatic N) is 8. The summed E-state index contributed by atoms with van der Waals surface area (Å²) in [6, 6.07) is 45.1. The highest BCUT2D eigenvalue weighted by Gasteiger charge is 2.02. The van der Waals surface area contributed by atoms with Gasteiger partial charge in [-0.3, -0.25) is 0 Å². The molecule has 0 aliphatic carbocycles. The largest absolute Gasteiger partial charge is 0.508 e. The molecule has 0 saturated carbocycles. The zero-order valence-corrected chi connectivity index (χ0v) is 30.8. The summed E-state index contributed by atoms with van der Waals surface area (Å²) < 4.78 is 5.88. The van der Waals surface area contributed by atoms with Crippen LogP contribution in [0.25, 0.3) is 0 Å². The van der Waals surface area contributed by atoms with E-state index in [4.69, 9.17) is 4.74 Å². The van der Waals surface area contributed by atoms with Gasteiger partial charge in [-0.05, 0) is 141 Å². The molecule has 6 aromatic rings. The molecular weight excluding hydrogens is 673 g/mol. The van der Waals surface area contributed by atoms with Gasteiger partial charge in [-0.25, -0.2) is 0 Å². The van der Waals surface area contributed by atoms with Crippen molar-refractivity contribution in [2.24, 2.45) is 40.9 Å². The quantitative estimate of drug-likeness (QED) is 0.0889. The summed E-state index contributed by atoms with van der Waals surface area (Å²) in [5.74, 6) is 1.17. The first kappa shape index (κ1) is 38.5. The first-order valence-corrected chi connectivity index (χ1v) is 18.0. The number of benzene rings is 6. The van der Waals surface area contributed by atoms with E-state index in [9.17, 15) is 5.11 Å². The minimum Gasteiger partial charge on any atom is -0.508 e. The summed E-state index contributed by atoms with van der Waals surface area (Å²) in [7, 11) is 0. The van der Waals surface area contributed by atoms with E-state index in [1.165, 1.54) is 19.3 Å². The van der Waals surface area contributed by atoms with Crippen LogP contribution in [-0.4, -0.2) is 11.7 Å². The maximum absolute atomic E-state index is 9.50. The molecule has 0 atom stereocenters. The molecule has 0 aliphatic rings. The molecular formula is C44H44N8O2. The first-order chi connectivity index (χ1) is 26.4. The predicted octanol–water partition coefficient (Wildman–Crippen LogP) is 15.3. The average molecular weight is 717 g/mol. The zero-order chi connectivity index (χ0) is 37.8. The van der Waals surface area contributed by atoms with Crippen molar-refractivity contribution < 1.29 is 9.84 Å². The Morgan fingerprint density at radius 3 is 1.19 bits per heavy atom. The van der Waals surface area contributed by atoms with Crippen LogP contribution in [0.3, 0.4) is 0 Å². The third-order valence-corrected chi connectivity index (χ3v) is 7.93. The van der Waals surface area contributed by atoms with Crippen molar-refractivity contribution in [3.63, 3.8) is 0 Å². The fraction of sp³-hybridized carbons (Fsp3) is 0.182. The number of aromatic hydroxyl groups is 1. The number of hydrogen-bond donors (Lipinski definition) is 1. The van der Waals surface area contributed by atoms with Crippen molar-refractivity contribution in [1.29, 1.82) is 0 Å². The van der Waals surface area contributed by atoms with Crippen molar-refractivity contribution in [1.82, 2.24) is 0 Å². The molecule has 10 heteroatoms. The van der Waals surface area contributed by atoms with Gasteiger partial charge in [-0.1, -0.05) is 62.6 Å². The summed E-state index contributed by atoms with van der Waals surface area (Å²) in [6.45, 7) is 6.83. The van der Waals surface area contributed by atoms with E-state index < -0.39 is 0 Å². The SMILES string of the molecule is CCCCCCOc1ccc(N=Nc2ccc(N=Nc3ccccc3)cc2)cc1C.Cc1cc(N=Nc2ccc(N=Nc3ccccc3)cc2)ccc1O. The van der Waals surface area contributed by atoms with Crippen LogP contribution in [0.1, 0.15) is 43.7 Å². The lowest BCUT2D eigenvalue weighted by molar-refractivity contribution is 0.303. The molecule has 272 valence electrons. The monoisotopic (exact) mass is 716 g/mol. The van der Waals surface area contributed by atoms with Crippen molar-refractivity contribution in [3.8, 4) is 11.5 Å². The Labute approximate surface area is 316 Å². The second-order valence-electron chi connectivity index (χ2n) is 12.3. The summed E-state index contributed by atoms with van der Waals surface area (Å²) in [6.07, 6.45) is 4.81. The summed E-state index contributed by atoms with van der Waals surface area (Å²) >= 11 is 0. The predicted molar refractivity (Wildman–Crippen MR) is 216 cm³/mol.